The van der Waals surface area contributed by atoms with E-state index in [0.717, 1.165) is 36.9 Å². The molecular formula is C18H21N3O2. The Balaban J connectivity index is 1.73. The van der Waals surface area contributed by atoms with Crippen molar-refractivity contribution in [1.82, 2.24) is 15.2 Å². The van der Waals surface area contributed by atoms with Gasteiger partial charge in [-0.05, 0) is 50.0 Å². The second-order valence-electron chi connectivity index (χ2n) is 6.49. The highest BCUT2D eigenvalue weighted by atomic mass is 16.2. The minimum Gasteiger partial charge on any atom is -0.344 e. The van der Waals surface area contributed by atoms with Crippen LogP contribution in [-0.2, 0) is 9.59 Å². The first-order chi connectivity index (χ1) is 11.2. The van der Waals surface area contributed by atoms with Gasteiger partial charge >= 0.3 is 0 Å². The average molecular weight is 311 g/mol. The number of fused-ring (bicyclic) bond motifs is 1. The molecule has 2 saturated heterocycles. The molecule has 0 saturated carbocycles. The molecule has 2 amide bonds. The van der Waals surface area contributed by atoms with E-state index in [4.69, 9.17) is 0 Å². The first-order valence-electron chi connectivity index (χ1n) is 8.38. The molecule has 0 radical (unpaired) electrons. The number of amides is 2. The van der Waals surface area contributed by atoms with Crippen molar-refractivity contribution in [2.75, 3.05) is 13.1 Å². The van der Waals surface area contributed by atoms with Gasteiger partial charge in [0.15, 0.2) is 0 Å². The van der Waals surface area contributed by atoms with Crippen LogP contribution in [0.1, 0.15) is 43.2 Å². The zero-order chi connectivity index (χ0) is 15.8. The molecule has 2 aliphatic heterocycles. The van der Waals surface area contributed by atoms with Gasteiger partial charge in [-0.3, -0.25) is 14.9 Å². The minimum absolute atomic E-state index is 0.161. The van der Waals surface area contributed by atoms with Crippen LogP contribution in [0.25, 0.3) is 10.9 Å². The molecule has 2 aliphatic rings. The van der Waals surface area contributed by atoms with Crippen LogP contribution >= 0.6 is 0 Å². The molecule has 120 valence electrons. The first-order valence-corrected chi connectivity index (χ1v) is 8.38. The molecule has 1 aromatic carbocycles. The first kappa shape index (κ1) is 14.5. The van der Waals surface area contributed by atoms with E-state index in [1.165, 1.54) is 5.52 Å². The number of piperidine rings is 2. The summed E-state index contributed by atoms with van der Waals surface area (Å²) in [6.45, 7) is 2.11. The maximum atomic E-state index is 12.2. The fraction of sp³-hybridized carbons (Fsp3) is 0.444. The average Bonchev–Trinajstić information content (AvgIpc) is 3.00. The van der Waals surface area contributed by atoms with E-state index in [1.54, 1.807) is 0 Å². The molecular weight excluding hydrogens is 290 g/mol. The lowest BCUT2D eigenvalue weighted by Gasteiger charge is -2.25. The third kappa shape index (κ3) is 2.55. The number of carbonyl (C=O) groups is 2. The van der Waals surface area contributed by atoms with Crippen LogP contribution < -0.4 is 10.6 Å². The molecule has 1 atom stereocenters. The topological polar surface area (TPSA) is 63.1 Å². The Kier molecular flexibility index (Phi) is 3.65. The van der Waals surface area contributed by atoms with Gasteiger partial charge in [0.05, 0.1) is 5.92 Å². The summed E-state index contributed by atoms with van der Waals surface area (Å²) in [5.74, 6) is -0.547. The van der Waals surface area contributed by atoms with Crippen LogP contribution in [0.4, 0.5) is 0 Å². The third-order valence-corrected chi connectivity index (χ3v) is 5.11. The summed E-state index contributed by atoms with van der Waals surface area (Å²) in [6.07, 6.45) is 5.43. The zero-order valence-corrected chi connectivity index (χ0v) is 13.0. The Labute approximate surface area is 135 Å². The van der Waals surface area contributed by atoms with Crippen molar-refractivity contribution in [2.24, 2.45) is 0 Å². The van der Waals surface area contributed by atoms with E-state index in [-0.39, 0.29) is 17.7 Å². The van der Waals surface area contributed by atoms with E-state index in [0.29, 0.717) is 18.9 Å². The summed E-state index contributed by atoms with van der Waals surface area (Å²) >= 11 is 0. The molecule has 2 fully saturated rings. The van der Waals surface area contributed by atoms with Gasteiger partial charge < -0.3 is 9.88 Å². The predicted octanol–water partition coefficient (Wildman–Crippen LogP) is 2.09. The molecule has 3 heterocycles. The predicted molar refractivity (Wildman–Crippen MR) is 88.2 cm³/mol. The molecule has 5 nitrogen and oxygen atoms in total. The van der Waals surface area contributed by atoms with Gasteiger partial charge in [0.1, 0.15) is 0 Å². The van der Waals surface area contributed by atoms with E-state index in [2.05, 4.69) is 33.5 Å². The molecule has 4 rings (SSSR count). The van der Waals surface area contributed by atoms with Crippen molar-refractivity contribution < 1.29 is 9.59 Å². The molecule has 1 aromatic heterocycles. The van der Waals surface area contributed by atoms with Crippen LogP contribution in [0.5, 0.6) is 0 Å². The fourth-order valence-corrected chi connectivity index (χ4v) is 3.91. The smallest absolute Gasteiger partial charge is 0.234 e. The molecule has 5 heteroatoms. The number of benzene rings is 1. The molecule has 23 heavy (non-hydrogen) atoms. The molecule has 0 spiro atoms. The molecule has 2 aromatic rings. The normalized spacial score (nSPS) is 23.2. The maximum Gasteiger partial charge on any atom is 0.234 e. The lowest BCUT2D eigenvalue weighted by molar-refractivity contribution is -0.134. The zero-order valence-electron chi connectivity index (χ0n) is 13.0. The highest BCUT2D eigenvalue weighted by Gasteiger charge is 2.29. The third-order valence-electron chi connectivity index (χ3n) is 5.11. The van der Waals surface area contributed by atoms with Crippen LogP contribution in [0.15, 0.2) is 30.5 Å². The van der Waals surface area contributed by atoms with Gasteiger partial charge in [-0.1, -0.05) is 12.1 Å². The number of aromatic nitrogens is 1. The maximum absolute atomic E-state index is 12.2. The monoisotopic (exact) mass is 311 g/mol. The summed E-state index contributed by atoms with van der Waals surface area (Å²) in [7, 11) is 0. The molecule has 0 aliphatic carbocycles. The second-order valence-corrected chi connectivity index (χ2v) is 6.49. The fourth-order valence-electron chi connectivity index (χ4n) is 3.91. The van der Waals surface area contributed by atoms with Crippen LogP contribution in [0.2, 0.25) is 0 Å². The van der Waals surface area contributed by atoms with Crippen molar-refractivity contribution in [3.05, 3.63) is 36.0 Å². The minimum atomic E-state index is -0.222. The van der Waals surface area contributed by atoms with Crippen LogP contribution in [0, 0.1) is 0 Å². The van der Waals surface area contributed by atoms with Crippen molar-refractivity contribution in [3.63, 3.8) is 0 Å². The van der Waals surface area contributed by atoms with E-state index < -0.39 is 0 Å². The number of nitrogens with one attached hydrogen (secondary N) is 2. The van der Waals surface area contributed by atoms with E-state index in [9.17, 15) is 9.59 Å². The lowest BCUT2D eigenvalue weighted by Crippen LogP contribution is -2.39. The lowest BCUT2D eigenvalue weighted by atomic mass is 9.88. The number of carbonyl (C=O) groups excluding carboxylic acids is 2. The van der Waals surface area contributed by atoms with Gasteiger partial charge in [-0.15, -0.1) is 0 Å². The van der Waals surface area contributed by atoms with Crippen molar-refractivity contribution in [1.29, 1.82) is 0 Å². The molecule has 2 N–H and O–H groups in total. The SMILES string of the molecule is O=C1CCC(c2cccc3c2ccn3C2CCNCC2)C(=O)N1. The number of nitrogens with zero attached hydrogens (tertiary/aromatic N) is 1. The number of rotatable bonds is 2. The van der Waals surface area contributed by atoms with Gasteiger partial charge in [0.2, 0.25) is 11.8 Å². The summed E-state index contributed by atoms with van der Waals surface area (Å²) in [6, 6.07) is 8.82. The number of hydrogen-bond donors (Lipinski definition) is 2. The number of imide groups is 1. The van der Waals surface area contributed by atoms with Gasteiger partial charge in [-0.2, -0.15) is 0 Å². The van der Waals surface area contributed by atoms with Gasteiger partial charge in [0.25, 0.3) is 0 Å². The summed E-state index contributed by atoms with van der Waals surface area (Å²) < 4.78 is 2.35. The van der Waals surface area contributed by atoms with E-state index >= 15 is 0 Å². The highest BCUT2D eigenvalue weighted by Crippen LogP contribution is 2.33. The Bertz CT molecular complexity index is 759. The Morgan fingerprint density at radius 2 is 1.87 bits per heavy atom. The molecule has 0 bridgehead atoms. The second kappa shape index (κ2) is 5.81. The summed E-state index contributed by atoms with van der Waals surface area (Å²) in [5, 5.41) is 7.01. The Hall–Kier alpha value is -2.14. The van der Waals surface area contributed by atoms with Crippen LogP contribution in [-0.4, -0.2) is 29.5 Å². The quantitative estimate of drug-likeness (QED) is 0.835. The van der Waals surface area contributed by atoms with Gasteiger partial charge in [-0.25, -0.2) is 0 Å². The number of hydrogen-bond acceptors (Lipinski definition) is 3. The Morgan fingerprint density at radius 3 is 2.65 bits per heavy atom. The van der Waals surface area contributed by atoms with Crippen LogP contribution in [0.3, 0.4) is 0 Å². The van der Waals surface area contributed by atoms with Crippen molar-refractivity contribution >= 4 is 22.7 Å². The van der Waals surface area contributed by atoms with Crippen molar-refractivity contribution in [3.8, 4) is 0 Å². The highest BCUT2D eigenvalue weighted by molar-refractivity contribution is 6.02. The Morgan fingerprint density at radius 1 is 1.04 bits per heavy atom. The standard InChI is InChI=1S/C18H21N3O2/c22-17-5-4-15(18(23)20-17)13-2-1-3-16-14(13)8-11-21(16)12-6-9-19-10-7-12/h1-3,8,11-12,15,19H,4-7,9-10H2,(H,20,22,23). The van der Waals surface area contributed by atoms with Crippen molar-refractivity contribution in [2.45, 2.75) is 37.6 Å². The van der Waals surface area contributed by atoms with E-state index in [1.807, 2.05) is 12.1 Å². The van der Waals surface area contributed by atoms with Gasteiger partial charge in [0, 0.05) is 29.6 Å². The summed E-state index contributed by atoms with van der Waals surface area (Å²) in [4.78, 5) is 23.6. The molecule has 1 unspecified atom stereocenters. The summed E-state index contributed by atoms with van der Waals surface area (Å²) in [5.41, 5.74) is 2.24. The largest absolute Gasteiger partial charge is 0.344 e.